The van der Waals surface area contributed by atoms with Crippen LogP contribution in [0.4, 0.5) is 0 Å². The van der Waals surface area contributed by atoms with Gasteiger partial charge in [-0.2, -0.15) is 11.8 Å². The van der Waals surface area contributed by atoms with Gasteiger partial charge in [0.25, 0.3) is 0 Å². The van der Waals surface area contributed by atoms with Gasteiger partial charge in [0, 0.05) is 6.42 Å². The maximum absolute atomic E-state index is 11.8. The van der Waals surface area contributed by atoms with Crippen molar-refractivity contribution in [3.63, 3.8) is 0 Å². The van der Waals surface area contributed by atoms with Crippen molar-refractivity contribution >= 4 is 23.6 Å². The summed E-state index contributed by atoms with van der Waals surface area (Å²) in [6.07, 6.45) is 4.85. The van der Waals surface area contributed by atoms with E-state index in [2.05, 4.69) is 10.6 Å². The van der Waals surface area contributed by atoms with Crippen LogP contribution in [0, 0.1) is 5.92 Å². The Morgan fingerprint density at radius 2 is 2.11 bits per heavy atom. The molecule has 5 nitrogen and oxygen atoms in total. The van der Waals surface area contributed by atoms with Gasteiger partial charge in [-0.05, 0) is 50.3 Å². The number of carbonyl (C=O) groups is 2. The number of hydrogen-bond donors (Lipinski definition) is 3. The van der Waals surface area contributed by atoms with Crippen LogP contribution < -0.4 is 10.6 Å². The van der Waals surface area contributed by atoms with Gasteiger partial charge < -0.3 is 15.7 Å². The van der Waals surface area contributed by atoms with Crippen LogP contribution >= 0.6 is 11.8 Å². The van der Waals surface area contributed by atoms with Gasteiger partial charge >= 0.3 is 5.97 Å². The van der Waals surface area contributed by atoms with E-state index in [4.69, 9.17) is 5.11 Å². The van der Waals surface area contributed by atoms with E-state index < -0.39 is 12.0 Å². The number of amides is 1. The molecule has 0 aromatic rings. The summed E-state index contributed by atoms with van der Waals surface area (Å²) in [5.74, 6) is 0.0595. The monoisotopic (exact) mass is 274 g/mol. The molecular formula is C12H22N2O3S. The number of carboxylic acids is 1. The van der Waals surface area contributed by atoms with E-state index in [9.17, 15) is 9.59 Å². The van der Waals surface area contributed by atoms with E-state index >= 15 is 0 Å². The molecule has 1 atom stereocenters. The van der Waals surface area contributed by atoms with Crippen molar-refractivity contribution in [3.8, 4) is 0 Å². The molecule has 3 N–H and O–H groups in total. The minimum Gasteiger partial charge on any atom is -0.480 e. The summed E-state index contributed by atoms with van der Waals surface area (Å²) < 4.78 is 0. The fourth-order valence-corrected chi connectivity index (χ4v) is 2.57. The lowest BCUT2D eigenvalue weighted by molar-refractivity contribution is -0.142. The number of piperidine rings is 1. The highest BCUT2D eigenvalue weighted by atomic mass is 32.2. The third-order valence-corrected chi connectivity index (χ3v) is 3.82. The maximum Gasteiger partial charge on any atom is 0.326 e. The molecule has 6 heteroatoms. The number of carbonyl (C=O) groups excluding carboxylic acids is 1. The molecular weight excluding hydrogens is 252 g/mol. The lowest BCUT2D eigenvalue weighted by Gasteiger charge is -2.23. The van der Waals surface area contributed by atoms with Crippen LogP contribution in [0.5, 0.6) is 0 Å². The Balaban J connectivity index is 2.32. The first-order chi connectivity index (χ1) is 8.63. The summed E-state index contributed by atoms with van der Waals surface area (Å²) in [4.78, 5) is 22.8. The van der Waals surface area contributed by atoms with Gasteiger partial charge in [0.15, 0.2) is 0 Å². The van der Waals surface area contributed by atoms with Crippen molar-refractivity contribution in [1.82, 2.24) is 10.6 Å². The average molecular weight is 274 g/mol. The van der Waals surface area contributed by atoms with Gasteiger partial charge in [-0.1, -0.05) is 0 Å². The highest BCUT2D eigenvalue weighted by molar-refractivity contribution is 7.98. The third-order valence-electron chi connectivity index (χ3n) is 3.18. The predicted molar refractivity (Wildman–Crippen MR) is 72.8 cm³/mol. The number of carboxylic acid groups (broad SMARTS) is 1. The zero-order chi connectivity index (χ0) is 13.4. The van der Waals surface area contributed by atoms with Gasteiger partial charge in [0.05, 0.1) is 0 Å². The number of thioether (sulfide) groups is 1. The third kappa shape index (κ3) is 5.73. The minimum atomic E-state index is -0.942. The Morgan fingerprint density at radius 1 is 1.44 bits per heavy atom. The maximum atomic E-state index is 11.8. The van der Waals surface area contributed by atoms with Crippen molar-refractivity contribution in [1.29, 1.82) is 0 Å². The first-order valence-electron chi connectivity index (χ1n) is 6.35. The van der Waals surface area contributed by atoms with Crippen LogP contribution in [-0.2, 0) is 9.59 Å². The van der Waals surface area contributed by atoms with Crippen molar-refractivity contribution in [2.45, 2.75) is 31.7 Å². The molecule has 0 saturated carbocycles. The topological polar surface area (TPSA) is 78.4 Å². The van der Waals surface area contributed by atoms with Crippen LogP contribution in [0.1, 0.15) is 25.7 Å². The van der Waals surface area contributed by atoms with E-state index in [-0.39, 0.29) is 5.91 Å². The lowest BCUT2D eigenvalue weighted by atomic mass is 9.94. The fraction of sp³-hybridized carbons (Fsp3) is 0.833. The van der Waals surface area contributed by atoms with E-state index in [1.165, 1.54) is 0 Å². The van der Waals surface area contributed by atoms with E-state index in [1.807, 2.05) is 6.26 Å². The summed E-state index contributed by atoms with van der Waals surface area (Å²) in [6, 6.07) is -0.744. The molecule has 0 radical (unpaired) electrons. The first kappa shape index (κ1) is 15.3. The summed E-state index contributed by atoms with van der Waals surface area (Å²) in [7, 11) is 0. The molecule has 1 amide bonds. The summed E-state index contributed by atoms with van der Waals surface area (Å²) >= 11 is 1.59. The molecule has 0 aromatic carbocycles. The molecule has 1 heterocycles. The van der Waals surface area contributed by atoms with Crippen LogP contribution in [0.3, 0.4) is 0 Å². The molecule has 0 aliphatic carbocycles. The Labute approximate surface area is 112 Å². The Morgan fingerprint density at radius 3 is 2.67 bits per heavy atom. The van der Waals surface area contributed by atoms with Crippen molar-refractivity contribution in [2.75, 3.05) is 25.1 Å². The molecule has 0 aromatic heterocycles. The van der Waals surface area contributed by atoms with Gasteiger partial charge in [0.2, 0.25) is 5.91 Å². The molecule has 104 valence electrons. The smallest absolute Gasteiger partial charge is 0.326 e. The summed E-state index contributed by atoms with van der Waals surface area (Å²) in [5, 5.41) is 14.9. The molecule has 1 aliphatic rings. The van der Waals surface area contributed by atoms with E-state index in [0.29, 0.717) is 18.8 Å². The number of nitrogens with one attached hydrogen (secondary N) is 2. The normalized spacial score (nSPS) is 18.3. The van der Waals surface area contributed by atoms with Gasteiger partial charge in [0.1, 0.15) is 6.04 Å². The summed E-state index contributed by atoms with van der Waals surface area (Å²) in [5.41, 5.74) is 0. The van der Waals surface area contributed by atoms with Crippen LogP contribution in [0.25, 0.3) is 0 Å². The zero-order valence-electron chi connectivity index (χ0n) is 10.8. The van der Waals surface area contributed by atoms with Gasteiger partial charge in [-0.3, -0.25) is 4.79 Å². The van der Waals surface area contributed by atoms with E-state index in [0.717, 1.165) is 31.7 Å². The standard InChI is InChI=1S/C12H22N2O3S/c1-18-7-4-10(12(16)17)14-11(15)8-9-2-5-13-6-3-9/h9-10,13H,2-8H2,1H3,(H,14,15)(H,16,17)/t10-/m1/s1. The average Bonchev–Trinajstić information content (AvgIpc) is 2.35. The minimum absolute atomic E-state index is 0.129. The second-order valence-corrected chi connectivity index (χ2v) is 5.62. The molecule has 1 fully saturated rings. The number of hydrogen-bond acceptors (Lipinski definition) is 4. The molecule has 1 rings (SSSR count). The number of aliphatic carboxylic acids is 1. The van der Waals surface area contributed by atoms with Crippen LogP contribution in [-0.4, -0.2) is 48.1 Å². The molecule has 18 heavy (non-hydrogen) atoms. The largest absolute Gasteiger partial charge is 0.480 e. The number of rotatable bonds is 7. The highest BCUT2D eigenvalue weighted by Crippen LogP contribution is 2.15. The Hall–Kier alpha value is -0.750. The lowest BCUT2D eigenvalue weighted by Crippen LogP contribution is -2.42. The quantitative estimate of drug-likeness (QED) is 0.637. The molecule has 1 saturated heterocycles. The molecule has 0 unspecified atom stereocenters. The molecule has 0 spiro atoms. The SMILES string of the molecule is CSCC[C@@H](NC(=O)CC1CCNCC1)C(=O)O. The molecule has 1 aliphatic heterocycles. The highest BCUT2D eigenvalue weighted by Gasteiger charge is 2.22. The zero-order valence-corrected chi connectivity index (χ0v) is 11.6. The first-order valence-corrected chi connectivity index (χ1v) is 7.74. The van der Waals surface area contributed by atoms with Crippen molar-refractivity contribution in [3.05, 3.63) is 0 Å². The second-order valence-electron chi connectivity index (χ2n) is 4.64. The predicted octanol–water partition coefficient (Wildman–Crippen LogP) is 0.699. The Kier molecular flexibility index (Phi) is 7.12. The van der Waals surface area contributed by atoms with E-state index in [1.54, 1.807) is 11.8 Å². The fourth-order valence-electron chi connectivity index (χ4n) is 2.09. The van der Waals surface area contributed by atoms with Crippen molar-refractivity contribution < 1.29 is 14.7 Å². The summed E-state index contributed by atoms with van der Waals surface area (Å²) in [6.45, 7) is 1.90. The second kappa shape index (κ2) is 8.37. The van der Waals surface area contributed by atoms with Gasteiger partial charge in [-0.25, -0.2) is 4.79 Å². The Bertz CT molecular complexity index is 280. The molecule has 0 bridgehead atoms. The van der Waals surface area contributed by atoms with Crippen molar-refractivity contribution in [2.24, 2.45) is 5.92 Å². The van der Waals surface area contributed by atoms with Gasteiger partial charge in [-0.15, -0.1) is 0 Å². The van der Waals surface area contributed by atoms with Crippen LogP contribution in [0.2, 0.25) is 0 Å². The van der Waals surface area contributed by atoms with Crippen LogP contribution in [0.15, 0.2) is 0 Å².